The van der Waals surface area contributed by atoms with Crippen molar-refractivity contribution in [2.24, 2.45) is 7.05 Å². The van der Waals surface area contributed by atoms with Crippen LogP contribution in [0.2, 0.25) is 0 Å². The lowest BCUT2D eigenvalue weighted by atomic mass is 9.90. The number of aryl methyl sites for hydroxylation is 2. The number of hydrogen-bond acceptors (Lipinski definition) is 6. The van der Waals surface area contributed by atoms with Gasteiger partial charge in [0.25, 0.3) is 5.91 Å². The molecule has 0 saturated heterocycles. The van der Waals surface area contributed by atoms with E-state index >= 15 is 0 Å². The zero-order valence-electron chi connectivity index (χ0n) is 21.8. The van der Waals surface area contributed by atoms with E-state index in [-0.39, 0.29) is 24.8 Å². The SMILES string of the molecule is CCOC(=O)C(O)(C(=O)OCC)c1c(-c2ccc(C)cc2NC(=O)c2ccccc2)c2ccccc2n1C. The largest absolute Gasteiger partial charge is 0.463 e. The van der Waals surface area contributed by atoms with E-state index in [1.165, 1.54) is 0 Å². The smallest absolute Gasteiger partial charge is 0.356 e. The topological polar surface area (TPSA) is 107 Å². The van der Waals surface area contributed by atoms with Crippen LogP contribution in [0.4, 0.5) is 5.69 Å². The Morgan fingerprint density at radius 1 is 0.895 bits per heavy atom. The van der Waals surface area contributed by atoms with Crippen molar-refractivity contribution in [3.8, 4) is 11.1 Å². The Balaban J connectivity index is 2.03. The lowest BCUT2D eigenvalue weighted by Gasteiger charge is -2.26. The second kappa shape index (κ2) is 10.9. The first-order valence-electron chi connectivity index (χ1n) is 12.4. The molecule has 8 heteroatoms. The maximum Gasteiger partial charge on any atom is 0.356 e. The summed E-state index contributed by atoms with van der Waals surface area (Å²) in [4.78, 5) is 39.6. The van der Waals surface area contributed by atoms with Gasteiger partial charge in [-0.3, -0.25) is 4.79 Å². The number of nitrogens with zero attached hydrogens (tertiary/aromatic N) is 1. The number of para-hydroxylation sites is 1. The van der Waals surface area contributed by atoms with Gasteiger partial charge in [-0.25, -0.2) is 9.59 Å². The molecule has 0 spiro atoms. The number of anilines is 1. The highest BCUT2D eigenvalue weighted by Crippen LogP contribution is 2.44. The van der Waals surface area contributed by atoms with E-state index in [0.29, 0.717) is 33.3 Å². The van der Waals surface area contributed by atoms with Crippen molar-refractivity contribution in [1.82, 2.24) is 4.57 Å². The van der Waals surface area contributed by atoms with Gasteiger partial charge in [0.2, 0.25) is 0 Å². The molecule has 0 aliphatic rings. The maximum absolute atomic E-state index is 13.2. The fourth-order valence-corrected chi connectivity index (χ4v) is 4.60. The number of benzene rings is 3. The fraction of sp³-hybridized carbons (Fsp3) is 0.233. The van der Waals surface area contributed by atoms with Crippen molar-refractivity contribution >= 4 is 34.4 Å². The molecule has 0 fully saturated rings. The Kier molecular flexibility index (Phi) is 7.64. The second-order valence-electron chi connectivity index (χ2n) is 8.82. The van der Waals surface area contributed by atoms with Crippen LogP contribution in [0.15, 0.2) is 72.8 Å². The molecule has 196 valence electrons. The van der Waals surface area contributed by atoms with Gasteiger partial charge in [-0.1, -0.05) is 48.5 Å². The van der Waals surface area contributed by atoms with Gasteiger partial charge < -0.3 is 24.5 Å². The van der Waals surface area contributed by atoms with Gasteiger partial charge in [0, 0.05) is 40.3 Å². The first-order chi connectivity index (χ1) is 18.2. The molecule has 2 N–H and O–H groups in total. The summed E-state index contributed by atoms with van der Waals surface area (Å²) in [6.07, 6.45) is 0. The number of aliphatic hydroxyl groups is 1. The number of fused-ring (bicyclic) bond motifs is 1. The number of esters is 2. The molecule has 0 radical (unpaired) electrons. The zero-order chi connectivity index (χ0) is 27.4. The number of amides is 1. The third-order valence-corrected chi connectivity index (χ3v) is 6.32. The van der Waals surface area contributed by atoms with Crippen LogP contribution in [0.5, 0.6) is 0 Å². The van der Waals surface area contributed by atoms with Gasteiger partial charge in [-0.15, -0.1) is 0 Å². The van der Waals surface area contributed by atoms with E-state index in [9.17, 15) is 19.5 Å². The van der Waals surface area contributed by atoms with Crippen molar-refractivity contribution in [3.63, 3.8) is 0 Å². The number of carbonyl (C=O) groups excluding carboxylic acids is 3. The average Bonchev–Trinajstić information content (AvgIpc) is 3.21. The molecule has 0 atom stereocenters. The summed E-state index contributed by atoms with van der Waals surface area (Å²) in [6, 6.07) is 21.5. The Hall–Kier alpha value is -4.43. The Bertz CT molecular complexity index is 1490. The summed E-state index contributed by atoms with van der Waals surface area (Å²) < 4.78 is 11.9. The summed E-state index contributed by atoms with van der Waals surface area (Å²) in [5.41, 5.74) is 0.582. The molecular weight excluding hydrogens is 484 g/mol. The number of aromatic nitrogens is 1. The highest BCUT2D eigenvalue weighted by molar-refractivity contribution is 6.12. The predicted octanol–water partition coefficient (Wildman–Crippen LogP) is 4.72. The van der Waals surface area contributed by atoms with Gasteiger partial charge in [0.05, 0.1) is 18.9 Å². The van der Waals surface area contributed by atoms with Crippen LogP contribution in [-0.4, -0.2) is 40.7 Å². The van der Waals surface area contributed by atoms with E-state index < -0.39 is 17.5 Å². The standard InChI is InChI=1S/C30H30N2O6/c1-5-37-28(34)30(36,29(35)38-6-2)26-25(22-14-10-11-15-24(22)32(26)4)21-17-16-19(3)18-23(21)31-27(33)20-12-8-7-9-13-20/h7-18,36H,5-6H2,1-4H3,(H,31,33). The normalized spacial score (nSPS) is 11.3. The maximum atomic E-state index is 13.2. The van der Waals surface area contributed by atoms with Gasteiger partial charge in [-0.2, -0.15) is 0 Å². The molecule has 38 heavy (non-hydrogen) atoms. The lowest BCUT2D eigenvalue weighted by Crippen LogP contribution is -2.47. The third kappa shape index (κ3) is 4.66. The summed E-state index contributed by atoms with van der Waals surface area (Å²) in [6.45, 7) is 4.96. The minimum atomic E-state index is -2.76. The third-order valence-electron chi connectivity index (χ3n) is 6.32. The van der Waals surface area contributed by atoms with Crippen LogP contribution in [0.25, 0.3) is 22.0 Å². The number of carbonyl (C=O) groups is 3. The summed E-state index contributed by atoms with van der Waals surface area (Å²) >= 11 is 0. The molecule has 4 aromatic rings. The molecular formula is C30H30N2O6. The molecule has 3 aromatic carbocycles. The fourth-order valence-electron chi connectivity index (χ4n) is 4.60. The number of rotatable bonds is 8. The van der Waals surface area contributed by atoms with E-state index in [1.807, 2.05) is 43.3 Å². The quantitative estimate of drug-likeness (QED) is 0.260. The Morgan fingerprint density at radius 2 is 1.50 bits per heavy atom. The van der Waals surface area contributed by atoms with Gasteiger partial charge in [0.15, 0.2) is 0 Å². The molecule has 8 nitrogen and oxygen atoms in total. The van der Waals surface area contributed by atoms with Crippen LogP contribution in [-0.2, 0) is 31.7 Å². The van der Waals surface area contributed by atoms with Crippen molar-refractivity contribution < 1.29 is 29.0 Å². The zero-order valence-corrected chi connectivity index (χ0v) is 21.8. The first kappa shape index (κ1) is 26.6. The van der Waals surface area contributed by atoms with Crippen LogP contribution in [0.3, 0.4) is 0 Å². The average molecular weight is 515 g/mol. The van der Waals surface area contributed by atoms with E-state index in [1.54, 1.807) is 61.9 Å². The summed E-state index contributed by atoms with van der Waals surface area (Å²) in [5, 5.41) is 15.5. The Labute approximate surface area is 220 Å². The van der Waals surface area contributed by atoms with Crippen LogP contribution < -0.4 is 5.32 Å². The summed E-state index contributed by atoms with van der Waals surface area (Å²) in [5.74, 6) is -2.62. The van der Waals surface area contributed by atoms with E-state index in [4.69, 9.17) is 9.47 Å². The second-order valence-corrected chi connectivity index (χ2v) is 8.82. The highest BCUT2D eigenvalue weighted by atomic mass is 16.6. The summed E-state index contributed by atoms with van der Waals surface area (Å²) in [7, 11) is 1.65. The molecule has 1 aromatic heterocycles. The molecule has 0 bridgehead atoms. The van der Waals surface area contributed by atoms with Crippen molar-refractivity contribution in [3.05, 3.63) is 89.6 Å². The van der Waals surface area contributed by atoms with Crippen molar-refractivity contribution in [2.75, 3.05) is 18.5 Å². The monoisotopic (exact) mass is 514 g/mol. The molecule has 0 aliphatic carbocycles. The Morgan fingerprint density at radius 3 is 2.13 bits per heavy atom. The van der Waals surface area contributed by atoms with E-state index in [0.717, 1.165) is 5.56 Å². The van der Waals surface area contributed by atoms with Crippen molar-refractivity contribution in [2.45, 2.75) is 26.4 Å². The molecule has 1 heterocycles. The lowest BCUT2D eigenvalue weighted by molar-refractivity contribution is -0.185. The number of hydrogen-bond donors (Lipinski definition) is 2. The van der Waals surface area contributed by atoms with Crippen LogP contribution >= 0.6 is 0 Å². The molecule has 0 saturated carbocycles. The van der Waals surface area contributed by atoms with E-state index in [2.05, 4.69) is 5.32 Å². The predicted molar refractivity (Wildman–Crippen MR) is 145 cm³/mol. The molecule has 0 unspecified atom stereocenters. The highest BCUT2D eigenvalue weighted by Gasteiger charge is 2.53. The van der Waals surface area contributed by atoms with Crippen LogP contribution in [0.1, 0.15) is 35.5 Å². The number of nitrogens with one attached hydrogen (secondary N) is 1. The first-order valence-corrected chi connectivity index (χ1v) is 12.4. The molecule has 0 aliphatic heterocycles. The van der Waals surface area contributed by atoms with Gasteiger partial charge in [0.1, 0.15) is 0 Å². The molecule has 1 amide bonds. The van der Waals surface area contributed by atoms with Crippen LogP contribution in [0, 0.1) is 6.92 Å². The van der Waals surface area contributed by atoms with Gasteiger partial charge in [-0.05, 0) is 50.6 Å². The number of ether oxygens (including phenoxy) is 2. The van der Waals surface area contributed by atoms with Gasteiger partial charge >= 0.3 is 17.5 Å². The minimum Gasteiger partial charge on any atom is -0.463 e. The minimum absolute atomic E-state index is 0.0188. The van der Waals surface area contributed by atoms with Crippen molar-refractivity contribution in [1.29, 1.82) is 0 Å². The molecule has 4 rings (SSSR count).